The molecule has 5 rings (SSSR count). The van der Waals surface area contributed by atoms with Crippen molar-refractivity contribution in [2.75, 3.05) is 6.61 Å². The Morgan fingerprint density at radius 2 is 0.889 bits per heavy atom. The van der Waals surface area contributed by atoms with Gasteiger partial charge in [0.05, 0.1) is 24.9 Å². The van der Waals surface area contributed by atoms with Crippen molar-refractivity contribution in [2.45, 2.75) is 174 Å². The van der Waals surface area contributed by atoms with E-state index in [-0.39, 0.29) is 0 Å². The van der Waals surface area contributed by atoms with Crippen LogP contribution >= 0.6 is 0 Å². The maximum absolute atomic E-state index is 11.7. The molecule has 5 aliphatic heterocycles. The van der Waals surface area contributed by atoms with Gasteiger partial charge in [0.15, 0.2) is 37.6 Å². The lowest BCUT2D eigenvalue weighted by Crippen LogP contribution is -2.68. The van der Waals surface area contributed by atoms with Gasteiger partial charge in [0, 0.05) is 0 Å². The predicted octanol–water partition coefficient (Wildman–Crippen LogP) is -8.75. The van der Waals surface area contributed by atoms with E-state index < -0.39 is 166 Å². The zero-order valence-corrected chi connectivity index (χ0v) is 29.0. The summed E-state index contributed by atoms with van der Waals surface area (Å²) >= 11 is 0. The molecule has 0 radical (unpaired) electrons. The van der Waals surface area contributed by atoms with Crippen molar-refractivity contribution in [3.05, 3.63) is 0 Å². The second-order valence-corrected chi connectivity index (χ2v) is 13.9. The largest absolute Gasteiger partial charge is 0.479 e. The molecule has 5 unspecified atom stereocenters. The van der Waals surface area contributed by atoms with Crippen LogP contribution in [-0.2, 0) is 47.4 Å². The maximum atomic E-state index is 11.7. The lowest BCUT2D eigenvalue weighted by atomic mass is 9.95. The summed E-state index contributed by atoms with van der Waals surface area (Å²) in [7, 11) is 0. The first-order chi connectivity index (χ1) is 25.3. The first kappa shape index (κ1) is 43.7. The number of carbonyl (C=O) groups is 1. The number of aliphatic hydroxyl groups is 13. The zero-order valence-electron chi connectivity index (χ0n) is 29.0. The summed E-state index contributed by atoms with van der Waals surface area (Å²) in [4.78, 5) is 11.7. The number of aliphatic carboxylic acids is 1. The summed E-state index contributed by atoms with van der Waals surface area (Å²) in [6.07, 6.45) is -44.9. The van der Waals surface area contributed by atoms with Crippen molar-refractivity contribution in [1.29, 1.82) is 0 Å². The van der Waals surface area contributed by atoms with Crippen molar-refractivity contribution >= 4 is 5.97 Å². The molecule has 0 saturated carbocycles. The third kappa shape index (κ3) is 8.56. The van der Waals surface area contributed by atoms with Gasteiger partial charge in [0.25, 0.3) is 0 Å². The second kappa shape index (κ2) is 17.6. The molecule has 5 fully saturated rings. The Hall–Kier alpha value is -1.41. The molecule has 54 heavy (non-hydrogen) atoms. The Labute approximate surface area is 306 Å². The summed E-state index contributed by atoms with van der Waals surface area (Å²) in [5.74, 6) is -1.74. The number of aliphatic hydroxyl groups excluding tert-OH is 13. The second-order valence-electron chi connectivity index (χ2n) is 13.9. The molecule has 5 aliphatic rings. The minimum atomic E-state index is -2.12. The van der Waals surface area contributed by atoms with E-state index in [1.54, 1.807) is 0 Å². The molecule has 25 atom stereocenters. The van der Waals surface area contributed by atoms with Gasteiger partial charge in [-0.3, -0.25) is 0 Å². The Morgan fingerprint density at radius 1 is 0.444 bits per heavy atom. The van der Waals surface area contributed by atoms with Crippen LogP contribution in [0, 0.1) is 0 Å². The van der Waals surface area contributed by atoms with Gasteiger partial charge in [-0.15, -0.1) is 0 Å². The van der Waals surface area contributed by atoms with Crippen LogP contribution < -0.4 is 0 Å². The molecule has 24 heteroatoms. The molecular formula is C30H50O24. The van der Waals surface area contributed by atoms with E-state index in [1.807, 2.05) is 0 Å². The van der Waals surface area contributed by atoms with Crippen LogP contribution in [0.3, 0.4) is 0 Å². The summed E-state index contributed by atoms with van der Waals surface area (Å²) in [5, 5.41) is 147. The highest BCUT2D eigenvalue weighted by molar-refractivity contribution is 5.73. The smallest absolute Gasteiger partial charge is 0.335 e. The first-order valence-corrected chi connectivity index (χ1v) is 17.2. The fourth-order valence-corrected chi connectivity index (χ4v) is 6.85. The van der Waals surface area contributed by atoms with Gasteiger partial charge in [-0.25, -0.2) is 4.79 Å². The summed E-state index contributed by atoms with van der Waals surface area (Å²) < 4.78 is 50.1. The Kier molecular flexibility index (Phi) is 14.3. The van der Waals surface area contributed by atoms with Crippen LogP contribution in [-0.4, -0.2) is 238 Å². The average Bonchev–Trinajstić information content (AvgIpc) is 3.12. The van der Waals surface area contributed by atoms with Crippen LogP contribution in [0.5, 0.6) is 0 Å². The number of ether oxygens (including phenoxy) is 9. The third-order valence-electron chi connectivity index (χ3n) is 10.2. The molecule has 0 aromatic rings. The van der Waals surface area contributed by atoms with Gasteiger partial charge in [-0.2, -0.15) is 0 Å². The molecule has 24 nitrogen and oxygen atoms in total. The molecule has 5 heterocycles. The number of carboxylic acid groups (broad SMARTS) is 1. The Balaban J connectivity index is 1.40. The standard InChI is InChI=1S/C30H50O24/c1-5-10(33)14(37)24(26(45)46-5)54-30-18(41)21(11(34)8(4-31)49-30)51-29-19(42)22(52-27-16(39)12(35)9(32)6(2)47-27)20(7(3)48-29)50-28-17(40)13(36)15(38)23(53-28)25(43)44/h5-24,26-42,45H,4H2,1-3H3,(H,43,44)/t5-,6-,7-,8+,9+,10-,11-,12+,13-,14+,15-,16+,17+,18+,19+,20-,21-,22-,23-,24+,26?,27?,28?,29?,30?/m0/s1. The number of hydrogen-bond donors (Lipinski definition) is 14. The van der Waals surface area contributed by atoms with E-state index in [4.69, 9.17) is 42.6 Å². The van der Waals surface area contributed by atoms with E-state index >= 15 is 0 Å². The lowest BCUT2D eigenvalue weighted by molar-refractivity contribution is -0.400. The highest BCUT2D eigenvalue weighted by atomic mass is 16.8. The molecule has 14 N–H and O–H groups in total. The van der Waals surface area contributed by atoms with E-state index in [1.165, 1.54) is 20.8 Å². The van der Waals surface area contributed by atoms with E-state index in [0.717, 1.165) is 0 Å². The van der Waals surface area contributed by atoms with E-state index in [2.05, 4.69) is 0 Å². The minimum absolute atomic E-state index is 0.906. The van der Waals surface area contributed by atoms with Gasteiger partial charge in [0.2, 0.25) is 0 Å². The molecule has 0 aliphatic carbocycles. The molecular weight excluding hydrogens is 744 g/mol. The SMILES string of the molecule is C[C@@H]1OC(O)[C@H](OC2O[C@H](CO)[C@H](O)[C@H](OC3O[C@@H](C)[C@H](OC4O[C@H](C(=O)O)[C@@H](O)[C@H](O)[C@H]4O)[C@@H](OC4O[C@@H](C)[C@@H](O)[C@@H](O)[C@H]4O)[C@H]3O)[C@H]2O)[C@H](O)[C@H]1O. The molecule has 0 bridgehead atoms. The average molecular weight is 795 g/mol. The molecule has 5 saturated heterocycles. The van der Waals surface area contributed by atoms with Crippen LogP contribution in [0.4, 0.5) is 0 Å². The van der Waals surface area contributed by atoms with Crippen molar-refractivity contribution < 1.29 is 119 Å². The fourth-order valence-electron chi connectivity index (χ4n) is 6.85. The van der Waals surface area contributed by atoms with E-state index in [9.17, 15) is 76.3 Å². The van der Waals surface area contributed by atoms with Gasteiger partial charge >= 0.3 is 5.97 Å². The molecule has 0 spiro atoms. The van der Waals surface area contributed by atoms with E-state index in [0.29, 0.717) is 0 Å². The van der Waals surface area contributed by atoms with Crippen LogP contribution in [0.15, 0.2) is 0 Å². The number of rotatable bonds is 10. The third-order valence-corrected chi connectivity index (χ3v) is 10.2. The monoisotopic (exact) mass is 794 g/mol. The van der Waals surface area contributed by atoms with Crippen LogP contribution in [0.25, 0.3) is 0 Å². The highest BCUT2D eigenvalue weighted by Gasteiger charge is 2.57. The predicted molar refractivity (Wildman–Crippen MR) is 163 cm³/mol. The van der Waals surface area contributed by atoms with Crippen molar-refractivity contribution in [2.24, 2.45) is 0 Å². The summed E-state index contributed by atoms with van der Waals surface area (Å²) in [5.41, 5.74) is 0. The quantitative estimate of drug-likeness (QED) is 0.0976. The Bertz CT molecular complexity index is 1230. The normalized spacial score (nSPS) is 54.6. The maximum Gasteiger partial charge on any atom is 0.335 e. The molecule has 0 amide bonds. The topological polar surface area (TPSA) is 383 Å². The fraction of sp³-hybridized carbons (Fsp3) is 0.967. The highest BCUT2D eigenvalue weighted by Crippen LogP contribution is 2.36. The molecule has 0 aromatic heterocycles. The van der Waals surface area contributed by atoms with Gasteiger partial charge in [0.1, 0.15) is 97.7 Å². The van der Waals surface area contributed by atoms with Crippen molar-refractivity contribution in [3.8, 4) is 0 Å². The zero-order chi connectivity index (χ0) is 40.1. The van der Waals surface area contributed by atoms with Crippen molar-refractivity contribution in [1.82, 2.24) is 0 Å². The molecule has 0 aromatic carbocycles. The lowest BCUT2D eigenvalue weighted by Gasteiger charge is -2.50. The van der Waals surface area contributed by atoms with Crippen LogP contribution in [0.2, 0.25) is 0 Å². The summed E-state index contributed by atoms with van der Waals surface area (Å²) in [6.45, 7) is 3.07. The van der Waals surface area contributed by atoms with Crippen molar-refractivity contribution in [3.63, 3.8) is 0 Å². The minimum Gasteiger partial charge on any atom is -0.479 e. The summed E-state index contributed by atoms with van der Waals surface area (Å²) in [6, 6.07) is 0. The van der Waals surface area contributed by atoms with Gasteiger partial charge in [-0.05, 0) is 20.8 Å². The number of carboxylic acids is 1. The van der Waals surface area contributed by atoms with Gasteiger partial charge < -0.3 is 114 Å². The Morgan fingerprint density at radius 3 is 1.50 bits per heavy atom. The van der Waals surface area contributed by atoms with Gasteiger partial charge in [-0.1, -0.05) is 0 Å². The number of hydrogen-bond acceptors (Lipinski definition) is 23. The first-order valence-electron chi connectivity index (χ1n) is 17.2. The van der Waals surface area contributed by atoms with Crippen LogP contribution in [0.1, 0.15) is 20.8 Å². The molecule has 314 valence electrons.